The van der Waals surface area contributed by atoms with Crippen molar-refractivity contribution in [1.29, 1.82) is 0 Å². The van der Waals surface area contributed by atoms with Crippen molar-refractivity contribution in [2.45, 2.75) is 26.5 Å². The summed E-state index contributed by atoms with van der Waals surface area (Å²) in [7, 11) is 1.94. The highest BCUT2D eigenvalue weighted by Crippen LogP contribution is 2.26. The second-order valence-corrected chi connectivity index (χ2v) is 4.32. The Labute approximate surface area is 107 Å². The Hall–Kier alpha value is -1.81. The molecule has 1 aromatic heterocycles. The van der Waals surface area contributed by atoms with E-state index >= 15 is 0 Å². The lowest BCUT2D eigenvalue weighted by atomic mass is 10.1. The molecule has 1 atom stereocenters. The van der Waals surface area contributed by atoms with Gasteiger partial charge in [-0.1, -0.05) is 17.3 Å². The molecule has 1 aromatic carbocycles. The van der Waals surface area contributed by atoms with Crippen molar-refractivity contribution in [2.24, 2.45) is 0 Å². The van der Waals surface area contributed by atoms with Crippen molar-refractivity contribution >= 4 is 0 Å². The van der Waals surface area contributed by atoms with E-state index in [-0.39, 0.29) is 6.04 Å². The van der Waals surface area contributed by atoms with Crippen molar-refractivity contribution in [3.05, 3.63) is 47.3 Å². The van der Waals surface area contributed by atoms with Crippen molar-refractivity contribution in [2.75, 3.05) is 7.05 Å². The van der Waals surface area contributed by atoms with Crippen LogP contribution in [0.3, 0.4) is 0 Å². The molecule has 4 nitrogen and oxygen atoms in total. The fourth-order valence-electron chi connectivity index (χ4n) is 1.75. The van der Waals surface area contributed by atoms with Gasteiger partial charge >= 0.3 is 0 Å². The van der Waals surface area contributed by atoms with Gasteiger partial charge in [0.1, 0.15) is 12.4 Å². The van der Waals surface area contributed by atoms with Crippen LogP contribution < -0.4 is 10.1 Å². The molecule has 0 radical (unpaired) electrons. The first-order valence-electron chi connectivity index (χ1n) is 6.01. The second kappa shape index (κ2) is 5.69. The third-order valence-corrected chi connectivity index (χ3v) is 2.93. The van der Waals surface area contributed by atoms with Gasteiger partial charge in [0.05, 0.1) is 6.20 Å². The second-order valence-electron chi connectivity index (χ2n) is 4.32. The number of nitrogens with one attached hydrogen (secondary N) is 1. The Morgan fingerprint density at radius 1 is 1.39 bits per heavy atom. The van der Waals surface area contributed by atoms with Crippen LogP contribution in [0.1, 0.15) is 29.9 Å². The van der Waals surface area contributed by atoms with Crippen molar-refractivity contribution in [1.82, 2.24) is 10.5 Å². The van der Waals surface area contributed by atoms with Crippen molar-refractivity contribution in [3.63, 3.8) is 0 Å². The molecule has 0 saturated carbocycles. The molecule has 0 aliphatic heterocycles. The summed E-state index contributed by atoms with van der Waals surface area (Å²) < 4.78 is 10.8. The predicted octanol–water partition coefficient (Wildman–Crippen LogP) is 2.84. The highest BCUT2D eigenvalue weighted by atomic mass is 16.5. The van der Waals surface area contributed by atoms with Crippen LogP contribution in [0.2, 0.25) is 0 Å². The molecule has 0 saturated heterocycles. The van der Waals surface area contributed by atoms with Crippen LogP contribution in [0, 0.1) is 6.92 Å². The van der Waals surface area contributed by atoms with Gasteiger partial charge in [-0.15, -0.1) is 0 Å². The minimum absolute atomic E-state index is 0.246. The van der Waals surface area contributed by atoms with Gasteiger partial charge in [-0.25, -0.2) is 0 Å². The topological polar surface area (TPSA) is 47.3 Å². The maximum absolute atomic E-state index is 5.81. The molecule has 0 spiro atoms. The maximum Gasteiger partial charge on any atom is 0.174 e. The van der Waals surface area contributed by atoms with Gasteiger partial charge in [-0.05, 0) is 32.5 Å². The first kappa shape index (κ1) is 12.6. The summed E-state index contributed by atoms with van der Waals surface area (Å²) in [5, 5.41) is 6.88. The molecule has 0 amide bonds. The van der Waals surface area contributed by atoms with E-state index in [1.54, 1.807) is 12.3 Å². The molecule has 0 aliphatic rings. The molecule has 0 fully saturated rings. The van der Waals surface area contributed by atoms with E-state index in [0.717, 1.165) is 17.1 Å². The zero-order chi connectivity index (χ0) is 13.0. The molecule has 4 heteroatoms. The quantitative estimate of drug-likeness (QED) is 0.881. The van der Waals surface area contributed by atoms with Crippen LogP contribution in [0.15, 0.2) is 35.0 Å². The van der Waals surface area contributed by atoms with E-state index in [1.807, 2.05) is 13.1 Å². The molecule has 0 bridgehead atoms. The largest absolute Gasteiger partial charge is 0.485 e. The van der Waals surface area contributed by atoms with Gasteiger partial charge in [0, 0.05) is 17.7 Å². The van der Waals surface area contributed by atoms with E-state index in [2.05, 4.69) is 36.5 Å². The van der Waals surface area contributed by atoms with Crippen LogP contribution in [0.5, 0.6) is 5.75 Å². The fraction of sp³-hybridized carbons (Fsp3) is 0.357. The number of aryl methyl sites for hydroxylation is 1. The Morgan fingerprint density at radius 2 is 2.22 bits per heavy atom. The minimum Gasteiger partial charge on any atom is -0.485 e. The average molecular weight is 246 g/mol. The molecule has 18 heavy (non-hydrogen) atoms. The van der Waals surface area contributed by atoms with Crippen LogP contribution in [0.25, 0.3) is 0 Å². The number of aromatic nitrogens is 1. The summed E-state index contributed by atoms with van der Waals surface area (Å²) in [6.45, 7) is 4.55. The fourth-order valence-corrected chi connectivity index (χ4v) is 1.75. The van der Waals surface area contributed by atoms with E-state index < -0.39 is 0 Å². The SMILES string of the molecule is CNC(C)c1ccc(C)cc1OCc1ccno1. The summed E-state index contributed by atoms with van der Waals surface area (Å²) in [5.41, 5.74) is 2.32. The highest BCUT2D eigenvalue weighted by Gasteiger charge is 2.11. The molecule has 1 N–H and O–H groups in total. The summed E-state index contributed by atoms with van der Waals surface area (Å²) in [4.78, 5) is 0. The molecule has 2 aromatic rings. The smallest absolute Gasteiger partial charge is 0.174 e. The molecule has 2 rings (SSSR count). The summed E-state index contributed by atoms with van der Waals surface area (Å²) >= 11 is 0. The zero-order valence-corrected chi connectivity index (χ0v) is 10.9. The van der Waals surface area contributed by atoms with Gasteiger partial charge in [-0.2, -0.15) is 0 Å². The van der Waals surface area contributed by atoms with Gasteiger partial charge in [0.2, 0.25) is 0 Å². The number of ether oxygens (including phenoxy) is 1. The average Bonchev–Trinajstić information content (AvgIpc) is 2.88. The minimum atomic E-state index is 0.246. The lowest BCUT2D eigenvalue weighted by Gasteiger charge is -2.16. The van der Waals surface area contributed by atoms with Crippen LogP contribution in [0.4, 0.5) is 0 Å². The molecule has 1 heterocycles. The van der Waals surface area contributed by atoms with Crippen molar-refractivity contribution < 1.29 is 9.26 Å². The third-order valence-electron chi connectivity index (χ3n) is 2.93. The maximum atomic E-state index is 5.81. The van der Waals surface area contributed by atoms with Gasteiger partial charge < -0.3 is 14.6 Å². The first-order valence-corrected chi connectivity index (χ1v) is 6.01. The Kier molecular flexibility index (Phi) is 3.99. The monoisotopic (exact) mass is 246 g/mol. The molecule has 1 unspecified atom stereocenters. The highest BCUT2D eigenvalue weighted by molar-refractivity contribution is 5.39. The lowest BCUT2D eigenvalue weighted by molar-refractivity contribution is 0.246. The summed E-state index contributed by atoms with van der Waals surface area (Å²) in [6, 6.07) is 8.27. The molecule has 96 valence electrons. The molecule has 0 aliphatic carbocycles. The summed E-state index contributed by atoms with van der Waals surface area (Å²) in [6.07, 6.45) is 1.62. The van der Waals surface area contributed by atoms with Crippen molar-refractivity contribution in [3.8, 4) is 5.75 Å². The predicted molar refractivity (Wildman–Crippen MR) is 69.5 cm³/mol. The standard InChI is InChI=1S/C14H18N2O2/c1-10-4-5-13(11(2)15-3)14(8-10)17-9-12-6-7-16-18-12/h4-8,11,15H,9H2,1-3H3. The number of hydrogen-bond acceptors (Lipinski definition) is 4. The molecular weight excluding hydrogens is 228 g/mol. The van der Waals surface area contributed by atoms with Gasteiger partial charge in [-0.3, -0.25) is 0 Å². The van der Waals surface area contributed by atoms with Gasteiger partial charge in [0.15, 0.2) is 5.76 Å². The Balaban J connectivity index is 2.17. The van der Waals surface area contributed by atoms with E-state index in [1.165, 1.54) is 5.56 Å². The number of hydrogen-bond donors (Lipinski definition) is 1. The first-order chi connectivity index (χ1) is 8.70. The Bertz CT molecular complexity index is 495. The number of benzene rings is 1. The molecular formula is C14H18N2O2. The van der Waals surface area contributed by atoms with Gasteiger partial charge in [0.25, 0.3) is 0 Å². The van der Waals surface area contributed by atoms with E-state index in [0.29, 0.717) is 6.61 Å². The normalized spacial score (nSPS) is 12.4. The van der Waals surface area contributed by atoms with Crippen LogP contribution in [-0.2, 0) is 6.61 Å². The summed E-state index contributed by atoms with van der Waals surface area (Å²) in [5.74, 6) is 1.60. The Morgan fingerprint density at radius 3 is 2.89 bits per heavy atom. The van der Waals surface area contributed by atoms with E-state index in [4.69, 9.17) is 9.26 Å². The zero-order valence-electron chi connectivity index (χ0n) is 10.9. The third kappa shape index (κ3) is 2.90. The van der Waals surface area contributed by atoms with Crippen LogP contribution in [-0.4, -0.2) is 12.2 Å². The lowest BCUT2D eigenvalue weighted by Crippen LogP contribution is -2.13. The van der Waals surface area contributed by atoms with Crippen LogP contribution >= 0.6 is 0 Å². The number of rotatable bonds is 5. The number of nitrogens with zero attached hydrogens (tertiary/aromatic N) is 1. The van der Waals surface area contributed by atoms with E-state index in [9.17, 15) is 0 Å².